The molecule has 11 heteroatoms. The molecule has 40 heavy (non-hydrogen) atoms. The molecule has 0 spiro atoms. The van der Waals surface area contributed by atoms with Crippen LogP contribution in [0.4, 0.5) is 0 Å². The van der Waals surface area contributed by atoms with E-state index in [0.29, 0.717) is 28.1 Å². The van der Waals surface area contributed by atoms with Crippen molar-refractivity contribution in [2.75, 3.05) is 0 Å². The van der Waals surface area contributed by atoms with Gasteiger partial charge in [-0.05, 0) is 42.3 Å². The van der Waals surface area contributed by atoms with E-state index in [2.05, 4.69) is 0 Å². The van der Waals surface area contributed by atoms with Crippen LogP contribution in [0, 0.1) is 6.92 Å². The largest absolute Gasteiger partial charge is 0.507 e. The molecule has 0 bridgehead atoms. The van der Waals surface area contributed by atoms with Gasteiger partial charge >= 0.3 is 22.8 Å². The van der Waals surface area contributed by atoms with Crippen molar-refractivity contribution in [3.63, 3.8) is 0 Å². The maximum Gasteiger partial charge on any atom is 0.352 e. The van der Waals surface area contributed by atoms with Crippen LogP contribution >= 0.6 is 0 Å². The van der Waals surface area contributed by atoms with Crippen molar-refractivity contribution < 1.29 is 5.11 Å². The fourth-order valence-corrected chi connectivity index (χ4v) is 5.93. The molecule has 5 aromatic rings. The van der Waals surface area contributed by atoms with E-state index >= 15 is 0 Å². The summed E-state index contributed by atoms with van der Waals surface area (Å²) < 4.78 is 7.56. The second-order valence-corrected chi connectivity index (χ2v) is 9.96. The number of rotatable bonds is 3. The van der Waals surface area contributed by atoms with Crippen molar-refractivity contribution in [2.24, 2.45) is 0 Å². The van der Waals surface area contributed by atoms with Crippen LogP contribution in [0.2, 0.25) is 0 Å². The van der Waals surface area contributed by atoms with Crippen molar-refractivity contribution in [1.29, 1.82) is 0 Å². The number of allylic oxidation sites excluding steroid dienone is 2. The Bertz CT molecular complexity index is 2070. The molecule has 0 radical (unpaired) electrons. The highest BCUT2D eigenvalue weighted by molar-refractivity contribution is 5.46. The lowest BCUT2D eigenvalue weighted by atomic mass is 9.89. The molecule has 4 heterocycles. The summed E-state index contributed by atoms with van der Waals surface area (Å²) in [5.41, 5.74) is 0.292. The van der Waals surface area contributed by atoms with Gasteiger partial charge in [-0.2, -0.15) is 0 Å². The third kappa shape index (κ3) is 3.17. The Morgan fingerprint density at radius 3 is 1.88 bits per heavy atom. The minimum Gasteiger partial charge on any atom is -0.507 e. The first-order valence-corrected chi connectivity index (χ1v) is 12.9. The highest BCUT2D eigenvalue weighted by Gasteiger charge is 2.42. The zero-order valence-electron chi connectivity index (χ0n) is 21.4. The quantitative estimate of drug-likeness (QED) is 0.353. The van der Waals surface area contributed by atoms with Crippen molar-refractivity contribution in [2.45, 2.75) is 32.1 Å². The van der Waals surface area contributed by atoms with Crippen molar-refractivity contribution in [3.8, 4) is 17.1 Å². The van der Waals surface area contributed by atoms with Crippen LogP contribution < -0.4 is 22.8 Å². The molecule has 200 valence electrons. The highest BCUT2D eigenvalue weighted by atomic mass is 16.3. The number of fused-ring (bicyclic) bond motifs is 4. The molecule has 2 aromatic heterocycles. The van der Waals surface area contributed by atoms with Crippen LogP contribution in [0.1, 0.15) is 23.2 Å². The molecule has 1 N–H and O–H groups in total. The van der Waals surface area contributed by atoms with Gasteiger partial charge < -0.3 is 5.11 Å². The summed E-state index contributed by atoms with van der Waals surface area (Å²) in [5.74, 6) is -0.00965. The Balaban J connectivity index is 1.52. The van der Waals surface area contributed by atoms with Crippen LogP contribution in [-0.2, 0) is 13.1 Å². The molecule has 0 amide bonds. The summed E-state index contributed by atoms with van der Waals surface area (Å²) in [6.07, 6.45) is 1.81. The Labute approximate surface area is 225 Å². The monoisotopic (exact) mass is 536 g/mol. The first kappa shape index (κ1) is 23.8. The summed E-state index contributed by atoms with van der Waals surface area (Å²) in [6, 6.07) is 20.8. The number of phenols is 1. The number of para-hydroxylation sites is 3. The molecule has 0 fully saturated rings. The smallest absolute Gasteiger partial charge is 0.352 e. The van der Waals surface area contributed by atoms with Crippen LogP contribution in [0.3, 0.4) is 0 Å². The van der Waals surface area contributed by atoms with E-state index in [-0.39, 0.29) is 18.8 Å². The van der Waals surface area contributed by atoms with E-state index in [1.54, 1.807) is 85.8 Å². The fourth-order valence-electron chi connectivity index (χ4n) is 5.93. The molecule has 2 atom stereocenters. The standard InChI is InChI=1S/C29H24N6O5/c1-18-9-8-14-22(25(18)36)24-21-15-16-30-26(37)32(19-10-4-2-5-11-19)28(39)34(30)23(21)17-31-27(38)33(29(40)35(24)31)20-12-6-3-7-13-20/h2-15,23-24,36H,16-17H2,1H3. The topological polar surface area (TPSA) is 118 Å². The van der Waals surface area contributed by atoms with E-state index in [1.165, 1.54) is 18.7 Å². The minimum atomic E-state index is -0.889. The second-order valence-electron chi connectivity index (χ2n) is 9.96. The number of hydrogen-bond acceptors (Lipinski definition) is 5. The summed E-state index contributed by atoms with van der Waals surface area (Å²) in [4.78, 5) is 54.9. The van der Waals surface area contributed by atoms with E-state index in [1.807, 2.05) is 6.08 Å². The van der Waals surface area contributed by atoms with Gasteiger partial charge in [0.2, 0.25) is 0 Å². The molecule has 2 aliphatic heterocycles. The Morgan fingerprint density at radius 1 is 0.675 bits per heavy atom. The number of hydrogen-bond donors (Lipinski definition) is 1. The number of aromatic nitrogens is 6. The van der Waals surface area contributed by atoms with Gasteiger partial charge in [-0.25, -0.2) is 47.0 Å². The fraction of sp³-hybridized carbons (Fsp3) is 0.172. The normalized spacial score (nSPS) is 17.6. The molecule has 2 unspecified atom stereocenters. The Hall–Kier alpha value is -5.32. The number of benzene rings is 3. The summed E-state index contributed by atoms with van der Waals surface area (Å²) >= 11 is 0. The lowest BCUT2D eigenvalue weighted by molar-refractivity contribution is 0.244. The first-order chi connectivity index (χ1) is 19.4. The number of phenolic OH excluding ortho intramolecular Hbond substituents is 1. The summed E-state index contributed by atoms with van der Waals surface area (Å²) in [7, 11) is 0. The van der Waals surface area contributed by atoms with Crippen molar-refractivity contribution >= 4 is 0 Å². The molecule has 3 aromatic carbocycles. The minimum absolute atomic E-state index is 0.00965. The third-order valence-corrected chi connectivity index (χ3v) is 7.80. The van der Waals surface area contributed by atoms with Gasteiger partial charge in [-0.1, -0.05) is 60.7 Å². The molecule has 11 nitrogen and oxygen atoms in total. The highest BCUT2D eigenvalue weighted by Crippen LogP contribution is 2.42. The van der Waals surface area contributed by atoms with Gasteiger partial charge in [0, 0.05) is 5.56 Å². The predicted molar refractivity (Wildman–Crippen MR) is 147 cm³/mol. The van der Waals surface area contributed by atoms with Gasteiger partial charge in [0.15, 0.2) is 0 Å². The maximum atomic E-state index is 13.9. The molecule has 0 saturated carbocycles. The number of nitrogens with zero attached hydrogens (tertiary/aromatic N) is 6. The zero-order valence-corrected chi connectivity index (χ0v) is 21.4. The number of aromatic hydroxyl groups is 1. The lowest BCUT2D eigenvalue weighted by Gasteiger charge is -2.37. The third-order valence-electron chi connectivity index (χ3n) is 7.80. The average Bonchev–Trinajstić information content (AvgIpc) is 3.38. The SMILES string of the molecule is Cc1cccc(C2C3=CCn4c(=O)n(-c5ccccc5)c(=O)n4C3Cn3c(=O)n(-c4ccccc4)c(=O)n32)c1O. The molecule has 0 saturated heterocycles. The zero-order chi connectivity index (χ0) is 27.7. The Morgan fingerprint density at radius 2 is 1.25 bits per heavy atom. The van der Waals surface area contributed by atoms with Gasteiger partial charge in [-0.15, -0.1) is 0 Å². The molecule has 0 aliphatic carbocycles. The molecular formula is C29H24N6O5. The van der Waals surface area contributed by atoms with Crippen molar-refractivity contribution in [3.05, 3.63) is 144 Å². The molecule has 2 aliphatic rings. The summed E-state index contributed by atoms with van der Waals surface area (Å²) in [5, 5.41) is 11.1. The van der Waals surface area contributed by atoms with Crippen molar-refractivity contribution in [1.82, 2.24) is 27.9 Å². The Kier molecular flexibility index (Phi) is 5.11. The lowest BCUT2D eigenvalue weighted by Crippen LogP contribution is -2.47. The summed E-state index contributed by atoms with van der Waals surface area (Å²) in [6.45, 7) is 1.78. The van der Waals surface area contributed by atoms with Gasteiger partial charge in [-0.3, -0.25) is 0 Å². The first-order valence-electron chi connectivity index (χ1n) is 12.9. The van der Waals surface area contributed by atoms with Gasteiger partial charge in [0.25, 0.3) is 0 Å². The van der Waals surface area contributed by atoms with Crippen LogP contribution in [0.25, 0.3) is 11.4 Å². The van der Waals surface area contributed by atoms with Crippen LogP contribution in [0.15, 0.2) is 110 Å². The van der Waals surface area contributed by atoms with E-state index < -0.39 is 34.8 Å². The van der Waals surface area contributed by atoms with E-state index in [0.717, 1.165) is 9.13 Å². The van der Waals surface area contributed by atoms with E-state index in [4.69, 9.17) is 0 Å². The molecular weight excluding hydrogens is 512 g/mol. The molecule has 7 rings (SSSR count). The van der Waals surface area contributed by atoms with Crippen LogP contribution in [0.5, 0.6) is 5.75 Å². The van der Waals surface area contributed by atoms with Gasteiger partial charge in [0.1, 0.15) is 11.8 Å². The maximum absolute atomic E-state index is 13.9. The van der Waals surface area contributed by atoms with E-state index in [9.17, 15) is 24.3 Å². The average molecular weight is 537 g/mol. The second kappa shape index (κ2) is 8.60. The number of aryl methyl sites for hydroxylation is 1. The van der Waals surface area contributed by atoms with Crippen LogP contribution in [-0.4, -0.2) is 33.0 Å². The predicted octanol–water partition coefficient (Wildman–Crippen LogP) is 1.71. The van der Waals surface area contributed by atoms with Gasteiger partial charge in [0.05, 0.1) is 30.5 Å².